The molecular weight excluding hydrogens is 418 g/mol. The van der Waals surface area contributed by atoms with Crippen molar-refractivity contribution in [3.63, 3.8) is 0 Å². The van der Waals surface area contributed by atoms with E-state index in [4.69, 9.17) is 9.26 Å². The van der Waals surface area contributed by atoms with Crippen molar-refractivity contribution in [2.45, 2.75) is 50.2 Å². The van der Waals surface area contributed by atoms with E-state index in [0.717, 1.165) is 18.4 Å². The summed E-state index contributed by atoms with van der Waals surface area (Å²) < 4.78 is 37.6. The first-order chi connectivity index (χ1) is 14.8. The highest BCUT2D eigenvalue weighted by molar-refractivity contribution is 7.89. The van der Waals surface area contributed by atoms with Gasteiger partial charge in [-0.15, -0.1) is 0 Å². The maximum absolute atomic E-state index is 12.4. The predicted molar refractivity (Wildman–Crippen MR) is 113 cm³/mol. The molecule has 0 unspecified atom stereocenters. The van der Waals surface area contributed by atoms with Gasteiger partial charge in [-0.2, -0.15) is 4.98 Å². The smallest absolute Gasteiger partial charge is 0.338 e. The number of rotatable bonds is 8. The number of ether oxygens (including phenoxy) is 1. The Bertz CT molecular complexity index is 1180. The molecular formula is C22H23N3O5S. The van der Waals surface area contributed by atoms with Crippen molar-refractivity contribution in [3.8, 4) is 11.4 Å². The van der Waals surface area contributed by atoms with Crippen LogP contribution in [0.5, 0.6) is 0 Å². The standard InChI is InChI=1S/C22H23N3O5S/c1-14(2)15-6-8-16(9-7-15)21-23-20(30-24-21)13-29-22(26)17-4-3-5-19(12-17)31(27,28)25-18-10-11-18/h3-9,12,14,18,25H,10-11,13H2,1-2H3. The van der Waals surface area contributed by atoms with Gasteiger partial charge in [0.1, 0.15) is 0 Å². The predicted octanol–water partition coefficient (Wildman–Crippen LogP) is 3.66. The van der Waals surface area contributed by atoms with Gasteiger partial charge in [-0.1, -0.05) is 49.3 Å². The number of esters is 1. The molecule has 0 amide bonds. The molecule has 1 fully saturated rings. The first-order valence-electron chi connectivity index (χ1n) is 10.0. The van der Waals surface area contributed by atoms with E-state index in [-0.39, 0.29) is 29.0 Å². The van der Waals surface area contributed by atoms with Crippen LogP contribution in [-0.2, 0) is 21.4 Å². The zero-order valence-electron chi connectivity index (χ0n) is 17.2. The molecule has 0 saturated heterocycles. The average molecular weight is 442 g/mol. The molecule has 9 heteroatoms. The Kier molecular flexibility index (Phi) is 5.88. The molecule has 1 heterocycles. The number of carbonyl (C=O) groups excluding carboxylic acids is 1. The highest BCUT2D eigenvalue weighted by atomic mass is 32.2. The van der Waals surface area contributed by atoms with Crippen LogP contribution in [0.1, 0.15) is 54.4 Å². The molecule has 1 N–H and O–H groups in total. The lowest BCUT2D eigenvalue weighted by Crippen LogP contribution is -2.25. The average Bonchev–Trinajstić information content (AvgIpc) is 3.44. The third kappa shape index (κ3) is 5.18. The molecule has 3 aromatic rings. The van der Waals surface area contributed by atoms with Gasteiger partial charge in [0.2, 0.25) is 15.8 Å². The Morgan fingerprint density at radius 3 is 2.61 bits per heavy atom. The molecule has 0 bridgehead atoms. The van der Waals surface area contributed by atoms with Gasteiger partial charge in [-0.05, 0) is 42.5 Å². The summed E-state index contributed by atoms with van der Waals surface area (Å²) in [6.45, 7) is 4.02. The van der Waals surface area contributed by atoms with Crippen LogP contribution in [0.4, 0.5) is 0 Å². The van der Waals surface area contributed by atoms with Crippen molar-refractivity contribution < 1.29 is 22.5 Å². The van der Waals surface area contributed by atoms with Gasteiger partial charge >= 0.3 is 5.97 Å². The van der Waals surface area contributed by atoms with Gasteiger partial charge in [-0.3, -0.25) is 0 Å². The number of nitrogens with zero attached hydrogens (tertiary/aromatic N) is 2. The van der Waals surface area contributed by atoms with Gasteiger partial charge in [0.25, 0.3) is 5.89 Å². The van der Waals surface area contributed by atoms with E-state index in [0.29, 0.717) is 11.7 Å². The number of aromatic nitrogens is 2. The second-order valence-corrected chi connectivity index (χ2v) is 9.50. The third-order valence-electron chi connectivity index (χ3n) is 4.91. The van der Waals surface area contributed by atoms with Crippen LogP contribution < -0.4 is 4.72 Å². The molecule has 1 saturated carbocycles. The van der Waals surface area contributed by atoms with Crippen molar-refractivity contribution in [1.82, 2.24) is 14.9 Å². The van der Waals surface area contributed by atoms with E-state index in [9.17, 15) is 13.2 Å². The van der Waals surface area contributed by atoms with Crippen LogP contribution >= 0.6 is 0 Å². The van der Waals surface area contributed by atoms with Crippen molar-refractivity contribution in [3.05, 3.63) is 65.5 Å². The largest absolute Gasteiger partial charge is 0.452 e. The lowest BCUT2D eigenvalue weighted by Gasteiger charge is -2.07. The van der Waals surface area contributed by atoms with Crippen LogP contribution in [0, 0.1) is 0 Å². The SMILES string of the molecule is CC(C)c1ccc(-c2noc(COC(=O)c3cccc(S(=O)(=O)NC4CC4)c3)n2)cc1. The summed E-state index contributed by atoms with van der Waals surface area (Å²) in [4.78, 5) is 16.7. The Morgan fingerprint density at radius 2 is 1.94 bits per heavy atom. The van der Waals surface area contributed by atoms with Gasteiger partial charge in [0.15, 0.2) is 6.61 Å². The molecule has 0 aliphatic heterocycles. The van der Waals surface area contributed by atoms with E-state index in [1.165, 1.54) is 29.8 Å². The maximum Gasteiger partial charge on any atom is 0.338 e. The number of hydrogen-bond acceptors (Lipinski definition) is 7. The normalized spacial score (nSPS) is 14.0. The third-order valence-corrected chi connectivity index (χ3v) is 6.43. The molecule has 1 aliphatic carbocycles. The Morgan fingerprint density at radius 1 is 1.19 bits per heavy atom. The molecule has 1 aliphatic rings. The monoisotopic (exact) mass is 441 g/mol. The molecule has 31 heavy (non-hydrogen) atoms. The Hall–Kier alpha value is -3.04. The Balaban J connectivity index is 1.40. The minimum atomic E-state index is -3.65. The van der Waals surface area contributed by atoms with Crippen LogP contribution in [0.15, 0.2) is 57.9 Å². The number of carbonyl (C=O) groups is 1. The summed E-state index contributed by atoms with van der Waals surface area (Å²) in [6.07, 6.45) is 1.66. The summed E-state index contributed by atoms with van der Waals surface area (Å²) in [5, 5.41) is 3.93. The zero-order chi connectivity index (χ0) is 22.0. The van der Waals surface area contributed by atoms with Crippen molar-refractivity contribution in [2.75, 3.05) is 0 Å². The van der Waals surface area contributed by atoms with E-state index in [2.05, 4.69) is 28.7 Å². The van der Waals surface area contributed by atoms with Gasteiger partial charge in [-0.25, -0.2) is 17.9 Å². The molecule has 162 valence electrons. The first-order valence-corrected chi connectivity index (χ1v) is 11.5. The lowest BCUT2D eigenvalue weighted by atomic mass is 10.0. The van der Waals surface area contributed by atoms with E-state index >= 15 is 0 Å². The second-order valence-electron chi connectivity index (χ2n) is 7.79. The van der Waals surface area contributed by atoms with Crippen LogP contribution in [-0.4, -0.2) is 30.6 Å². The number of sulfonamides is 1. The molecule has 2 aromatic carbocycles. The van der Waals surface area contributed by atoms with E-state index in [1.54, 1.807) is 0 Å². The topological polar surface area (TPSA) is 111 Å². The first kappa shape index (κ1) is 21.2. The summed E-state index contributed by atoms with van der Waals surface area (Å²) in [6, 6.07) is 13.6. The van der Waals surface area contributed by atoms with Crippen molar-refractivity contribution in [2.24, 2.45) is 0 Å². The molecule has 0 atom stereocenters. The van der Waals surface area contributed by atoms with Crippen LogP contribution in [0.3, 0.4) is 0 Å². The van der Waals surface area contributed by atoms with Crippen LogP contribution in [0.25, 0.3) is 11.4 Å². The minimum absolute atomic E-state index is 0.0195. The van der Waals surface area contributed by atoms with Gasteiger partial charge < -0.3 is 9.26 Å². The number of nitrogens with one attached hydrogen (secondary N) is 1. The Labute approximate surface area is 180 Å². The van der Waals surface area contributed by atoms with E-state index < -0.39 is 16.0 Å². The molecule has 1 aromatic heterocycles. The fraction of sp³-hybridized carbons (Fsp3) is 0.318. The van der Waals surface area contributed by atoms with Gasteiger partial charge in [0, 0.05) is 11.6 Å². The molecule has 0 radical (unpaired) electrons. The fourth-order valence-electron chi connectivity index (χ4n) is 2.94. The van der Waals surface area contributed by atoms with Crippen molar-refractivity contribution in [1.29, 1.82) is 0 Å². The quantitative estimate of drug-likeness (QED) is 0.531. The summed E-state index contributed by atoms with van der Waals surface area (Å²) in [7, 11) is -3.65. The summed E-state index contributed by atoms with van der Waals surface area (Å²) in [5.74, 6) is 0.299. The number of hydrogen-bond donors (Lipinski definition) is 1. The maximum atomic E-state index is 12.4. The zero-order valence-corrected chi connectivity index (χ0v) is 18.1. The van der Waals surface area contributed by atoms with E-state index in [1.807, 2.05) is 24.3 Å². The fourth-order valence-corrected chi connectivity index (χ4v) is 4.29. The second kappa shape index (κ2) is 8.60. The highest BCUT2D eigenvalue weighted by Crippen LogP contribution is 2.23. The van der Waals surface area contributed by atoms with Crippen LogP contribution in [0.2, 0.25) is 0 Å². The lowest BCUT2D eigenvalue weighted by molar-refractivity contribution is 0.0429. The molecule has 8 nitrogen and oxygen atoms in total. The summed E-state index contributed by atoms with van der Waals surface area (Å²) >= 11 is 0. The molecule has 0 spiro atoms. The van der Waals surface area contributed by atoms with Gasteiger partial charge in [0.05, 0.1) is 10.5 Å². The summed E-state index contributed by atoms with van der Waals surface area (Å²) in [5.41, 5.74) is 2.13. The number of benzene rings is 2. The minimum Gasteiger partial charge on any atom is -0.452 e. The van der Waals surface area contributed by atoms with Crippen molar-refractivity contribution >= 4 is 16.0 Å². The molecule has 4 rings (SSSR count). The highest BCUT2D eigenvalue weighted by Gasteiger charge is 2.28.